The topological polar surface area (TPSA) is 30.0 Å². The van der Waals surface area contributed by atoms with E-state index in [2.05, 4.69) is 4.98 Å². The van der Waals surface area contributed by atoms with Crippen LogP contribution < -0.4 is 0 Å². The summed E-state index contributed by atoms with van der Waals surface area (Å²) in [6.45, 7) is 0. The largest absolute Gasteiger partial charge is 0.288 e. The minimum absolute atomic E-state index is 0.0840. The smallest absolute Gasteiger partial charge is 0.196 e. The van der Waals surface area contributed by atoms with Crippen molar-refractivity contribution < 1.29 is 9.18 Å². The van der Waals surface area contributed by atoms with Gasteiger partial charge >= 0.3 is 0 Å². The summed E-state index contributed by atoms with van der Waals surface area (Å²) in [5.74, 6) is -0.280. The Bertz CT molecular complexity index is 620. The standard InChI is InChI=1S/C16H14FNO/c17-15-10-18-8-7-14(15)16(19)13-6-2-5-12(9-13)11-3-1-4-11/h2,5-11H,1,3-4H2. The summed E-state index contributed by atoms with van der Waals surface area (Å²) in [5, 5.41) is 0. The van der Waals surface area contributed by atoms with Gasteiger partial charge in [0.15, 0.2) is 11.6 Å². The van der Waals surface area contributed by atoms with Gasteiger partial charge in [0.2, 0.25) is 0 Å². The quantitative estimate of drug-likeness (QED) is 0.782. The lowest BCUT2D eigenvalue weighted by atomic mass is 9.79. The number of pyridine rings is 1. The van der Waals surface area contributed by atoms with Crippen molar-refractivity contribution in [2.75, 3.05) is 0 Å². The summed E-state index contributed by atoms with van der Waals surface area (Å²) in [6, 6.07) is 8.98. The molecule has 1 aliphatic carbocycles. The van der Waals surface area contributed by atoms with Crippen LogP contribution in [0, 0.1) is 5.82 Å². The van der Waals surface area contributed by atoms with Gasteiger partial charge in [-0.15, -0.1) is 0 Å². The van der Waals surface area contributed by atoms with Gasteiger partial charge < -0.3 is 0 Å². The summed E-state index contributed by atoms with van der Waals surface area (Å²) in [6.07, 6.45) is 6.12. The predicted octanol–water partition coefficient (Wildman–Crippen LogP) is 3.72. The van der Waals surface area contributed by atoms with Crippen LogP contribution in [-0.4, -0.2) is 10.8 Å². The second-order valence-electron chi connectivity index (χ2n) is 4.94. The van der Waals surface area contributed by atoms with E-state index in [1.54, 1.807) is 6.07 Å². The van der Waals surface area contributed by atoms with Crippen LogP contribution in [0.25, 0.3) is 0 Å². The molecular formula is C16H14FNO. The Morgan fingerprint density at radius 2 is 2.11 bits per heavy atom. The molecule has 1 saturated carbocycles. The van der Waals surface area contributed by atoms with E-state index in [4.69, 9.17) is 0 Å². The highest BCUT2D eigenvalue weighted by molar-refractivity contribution is 6.09. The fourth-order valence-electron chi connectivity index (χ4n) is 2.39. The highest BCUT2D eigenvalue weighted by atomic mass is 19.1. The first kappa shape index (κ1) is 12.0. The van der Waals surface area contributed by atoms with E-state index < -0.39 is 5.82 Å². The maximum absolute atomic E-state index is 13.6. The molecule has 2 nitrogen and oxygen atoms in total. The van der Waals surface area contributed by atoms with Gasteiger partial charge in [0, 0.05) is 11.8 Å². The highest BCUT2D eigenvalue weighted by Gasteiger charge is 2.21. The van der Waals surface area contributed by atoms with E-state index >= 15 is 0 Å². The maximum atomic E-state index is 13.6. The van der Waals surface area contributed by atoms with Crippen molar-refractivity contribution in [3.63, 3.8) is 0 Å². The molecule has 3 rings (SSSR count). The van der Waals surface area contributed by atoms with E-state index in [9.17, 15) is 9.18 Å². The zero-order valence-corrected chi connectivity index (χ0v) is 10.5. The minimum atomic E-state index is -0.568. The summed E-state index contributed by atoms with van der Waals surface area (Å²) in [4.78, 5) is 15.9. The number of hydrogen-bond donors (Lipinski definition) is 0. The van der Waals surface area contributed by atoms with Crippen LogP contribution in [0.2, 0.25) is 0 Å². The summed E-state index contributed by atoms with van der Waals surface area (Å²) in [7, 11) is 0. The maximum Gasteiger partial charge on any atom is 0.196 e. The average molecular weight is 255 g/mol. The van der Waals surface area contributed by atoms with Crippen LogP contribution in [0.5, 0.6) is 0 Å². The Kier molecular flexibility index (Phi) is 3.11. The van der Waals surface area contributed by atoms with Gasteiger partial charge in [-0.05, 0) is 36.5 Å². The Morgan fingerprint density at radius 3 is 2.79 bits per heavy atom. The number of rotatable bonds is 3. The Labute approximate surface area is 111 Å². The normalized spacial score (nSPS) is 15.0. The fraction of sp³-hybridized carbons (Fsp3) is 0.250. The summed E-state index contributed by atoms with van der Waals surface area (Å²) >= 11 is 0. The minimum Gasteiger partial charge on any atom is -0.288 e. The van der Waals surface area contributed by atoms with Crippen molar-refractivity contribution >= 4 is 5.78 Å². The first-order valence-electron chi connectivity index (χ1n) is 6.50. The Morgan fingerprint density at radius 1 is 1.26 bits per heavy atom. The molecule has 1 fully saturated rings. The molecule has 0 bridgehead atoms. The predicted molar refractivity (Wildman–Crippen MR) is 70.7 cm³/mol. The molecule has 1 aromatic carbocycles. The molecule has 0 N–H and O–H groups in total. The third kappa shape index (κ3) is 2.28. The number of carbonyl (C=O) groups excluding carboxylic acids is 1. The lowest BCUT2D eigenvalue weighted by molar-refractivity contribution is 0.103. The third-order valence-corrected chi connectivity index (χ3v) is 3.74. The van der Waals surface area contributed by atoms with Crippen LogP contribution in [0.1, 0.15) is 46.7 Å². The van der Waals surface area contributed by atoms with Gasteiger partial charge in [0.25, 0.3) is 0 Å². The molecule has 0 amide bonds. The van der Waals surface area contributed by atoms with E-state index in [0.29, 0.717) is 11.5 Å². The number of nitrogens with zero attached hydrogens (tertiary/aromatic N) is 1. The van der Waals surface area contributed by atoms with Crippen LogP contribution in [0.15, 0.2) is 42.7 Å². The second-order valence-corrected chi connectivity index (χ2v) is 4.94. The number of carbonyl (C=O) groups is 1. The summed E-state index contributed by atoms with van der Waals surface area (Å²) < 4.78 is 13.6. The van der Waals surface area contributed by atoms with Crippen LogP contribution >= 0.6 is 0 Å². The first-order valence-corrected chi connectivity index (χ1v) is 6.50. The van der Waals surface area contributed by atoms with Gasteiger partial charge in [0.1, 0.15) is 0 Å². The number of aromatic nitrogens is 1. The van der Waals surface area contributed by atoms with Crippen molar-refractivity contribution in [1.29, 1.82) is 0 Å². The summed E-state index contributed by atoms with van der Waals surface area (Å²) in [5.41, 5.74) is 1.82. The number of ketones is 1. The van der Waals surface area contributed by atoms with Crippen molar-refractivity contribution in [3.8, 4) is 0 Å². The Balaban J connectivity index is 1.93. The molecule has 2 aromatic rings. The van der Waals surface area contributed by atoms with Gasteiger partial charge in [-0.25, -0.2) is 4.39 Å². The van der Waals surface area contributed by atoms with Gasteiger partial charge in [-0.2, -0.15) is 0 Å². The molecule has 0 atom stereocenters. The molecule has 0 unspecified atom stereocenters. The zero-order chi connectivity index (χ0) is 13.2. The number of halogens is 1. The molecule has 0 saturated heterocycles. The van der Waals surface area contributed by atoms with Crippen LogP contribution in [-0.2, 0) is 0 Å². The molecular weight excluding hydrogens is 241 g/mol. The number of benzene rings is 1. The van der Waals surface area contributed by atoms with Gasteiger partial charge in [-0.3, -0.25) is 9.78 Å². The van der Waals surface area contributed by atoms with E-state index in [-0.39, 0.29) is 11.3 Å². The van der Waals surface area contributed by atoms with E-state index in [1.807, 2.05) is 18.2 Å². The average Bonchev–Trinajstić information content (AvgIpc) is 2.37. The van der Waals surface area contributed by atoms with Crippen LogP contribution in [0.3, 0.4) is 0 Å². The SMILES string of the molecule is O=C(c1cccc(C2CCC2)c1)c1ccncc1F. The third-order valence-electron chi connectivity index (χ3n) is 3.74. The highest BCUT2D eigenvalue weighted by Crippen LogP contribution is 2.36. The van der Waals surface area contributed by atoms with Gasteiger partial charge in [0.05, 0.1) is 11.8 Å². The molecule has 1 aromatic heterocycles. The molecule has 1 aliphatic rings. The van der Waals surface area contributed by atoms with Crippen molar-refractivity contribution in [1.82, 2.24) is 4.98 Å². The van der Waals surface area contributed by atoms with E-state index in [0.717, 1.165) is 6.20 Å². The molecule has 0 aliphatic heterocycles. The molecule has 1 heterocycles. The monoisotopic (exact) mass is 255 g/mol. The first-order chi connectivity index (χ1) is 9.25. The number of hydrogen-bond acceptors (Lipinski definition) is 2. The fourth-order valence-corrected chi connectivity index (χ4v) is 2.39. The van der Waals surface area contributed by atoms with Gasteiger partial charge in [-0.1, -0.05) is 24.6 Å². The molecule has 3 heteroatoms. The molecule has 0 spiro atoms. The van der Waals surface area contributed by atoms with Crippen LogP contribution in [0.4, 0.5) is 4.39 Å². The van der Waals surface area contributed by atoms with Crippen molar-refractivity contribution in [2.24, 2.45) is 0 Å². The van der Waals surface area contributed by atoms with Crippen molar-refractivity contribution in [2.45, 2.75) is 25.2 Å². The lowest BCUT2D eigenvalue weighted by Crippen LogP contribution is -2.10. The molecule has 19 heavy (non-hydrogen) atoms. The lowest BCUT2D eigenvalue weighted by Gasteiger charge is -2.26. The Hall–Kier alpha value is -2.03. The second kappa shape index (κ2) is 4.92. The van der Waals surface area contributed by atoms with Crippen molar-refractivity contribution in [3.05, 3.63) is 65.2 Å². The molecule has 0 radical (unpaired) electrons. The molecule has 96 valence electrons. The zero-order valence-electron chi connectivity index (χ0n) is 10.5. The van der Waals surface area contributed by atoms with E-state index in [1.165, 1.54) is 37.1 Å².